The van der Waals surface area contributed by atoms with E-state index in [4.69, 9.17) is 4.74 Å². The van der Waals surface area contributed by atoms with E-state index in [1.807, 2.05) is 12.1 Å². The van der Waals surface area contributed by atoms with E-state index < -0.39 is 22.3 Å². The van der Waals surface area contributed by atoms with E-state index >= 15 is 0 Å². The number of carbonyl (C=O) groups excluding carboxylic acids is 3. The molecule has 260 valence electrons. The van der Waals surface area contributed by atoms with Gasteiger partial charge in [-0.3, -0.25) is 29.4 Å². The highest BCUT2D eigenvalue weighted by atomic mass is 16.6. The summed E-state index contributed by atoms with van der Waals surface area (Å²) in [6, 6.07) is 25.2. The number of ether oxygens (including phenoxy) is 1. The van der Waals surface area contributed by atoms with Crippen LogP contribution in [0.1, 0.15) is 47.7 Å². The maximum Gasteiger partial charge on any atom is 0.269 e. The molecule has 1 saturated heterocycles. The van der Waals surface area contributed by atoms with E-state index in [0.29, 0.717) is 46.2 Å². The van der Waals surface area contributed by atoms with Crippen molar-refractivity contribution in [3.63, 3.8) is 0 Å². The quantitative estimate of drug-likeness (QED) is 0.124. The van der Waals surface area contributed by atoms with Crippen LogP contribution in [-0.2, 0) is 21.7 Å². The molecule has 0 bridgehead atoms. The number of benzene rings is 4. The van der Waals surface area contributed by atoms with Gasteiger partial charge in [-0.15, -0.1) is 0 Å². The maximum absolute atomic E-state index is 14.2. The number of aliphatic hydroxyl groups is 2. The van der Waals surface area contributed by atoms with Gasteiger partial charge in [0.25, 0.3) is 17.5 Å². The molecule has 4 aromatic rings. The topological polar surface area (TPSA) is 154 Å². The Kier molecular flexibility index (Phi) is 8.88. The van der Waals surface area contributed by atoms with Crippen molar-refractivity contribution in [1.29, 1.82) is 0 Å². The minimum Gasteiger partial charge on any atom is -0.454 e. The van der Waals surface area contributed by atoms with Gasteiger partial charge in [-0.1, -0.05) is 55.5 Å². The van der Waals surface area contributed by atoms with Crippen molar-refractivity contribution in [3.05, 3.63) is 130 Å². The van der Waals surface area contributed by atoms with Crippen molar-refractivity contribution in [3.8, 4) is 11.5 Å². The normalized spacial score (nSPS) is 20.1. The van der Waals surface area contributed by atoms with Gasteiger partial charge in [0.1, 0.15) is 5.75 Å². The smallest absolute Gasteiger partial charge is 0.269 e. The largest absolute Gasteiger partial charge is 0.454 e. The third-order valence-electron chi connectivity index (χ3n) is 9.93. The van der Waals surface area contributed by atoms with Crippen LogP contribution in [0.2, 0.25) is 0 Å². The van der Waals surface area contributed by atoms with Gasteiger partial charge in [0.05, 0.1) is 41.1 Å². The number of likely N-dealkylation sites (tertiary alicyclic amines) is 1. The van der Waals surface area contributed by atoms with Crippen LogP contribution in [0.15, 0.2) is 103 Å². The highest BCUT2D eigenvalue weighted by Gasteiger charge is 2.53. The second-order valence-electron chi connectivity index (χ2n) is 13.0. The molecular weight excluding hydrogens is 652 g/mol. The molecule has 1 fully saturated rings. The van der Waals surface area contributed by atoms with Gasteiger partial charge < -0.3 is 24.7 Å². The molecule has 3 aliphatic heterocycles. The summed E-state index contributed by atoms with van der Waals surface area (Å²) >= 11 is 0. The number of nitrogens with zero attached hydrogens (tertiary/aromatic N) is 4. The zero-order valence-corrected chi connectivity index (χ0v) is 27.8. The Morgan fingerprint density at radius 3 is 2.49 bits per heavy atom. The fourth-order valence-corrected chi connectivity index (χ4v) is 7.19. The summed E-state index contributed by atoms with van der Waals surface area (Å²) in [7, 11) is 0. The third-order valence-corrected chi connectivity index (χ3v) is 9.93. The van der Waals surface area contributed by atoms with E-state index in [2.05, 4.69) is 0 Å². The third kappa shape index (κ3) is 5.92. The molecule has 0 aliphatic carbocycles. The van der Waals surface area contributed by atoms with Gasteiger partial charge in [-0.25, -0.2) is 0 Å². The summed E-state index contributed by atoms with van der Waals surface area (Å²) in [4.78, 5) is 56.6. The average Bonchev–Trinajstić information content (AvgIpc) is 3.67. The van der Waals surface area contributed by atoms with Gasteiger partial charge in [-0.05, 0) is 60.9 Å². The molecular formula is C39H36N4O8. The summed E-state index contributed by atoms with van der Waals surface area (Å²) in [5.41, 5.74) is 0.262. The van der Waals surface area contributed by atoms with E-state index in [-0.39, 0.29) is 48.7 Å². The molecule has 0 unspecified atom stereocenters. The molecule has 3 atom stereocenters. The summed E-state index contributed by atoms with van der Waals surface area (Å²) in [5, 5.41) is 33.4. The Morgan fingerprint density at radius 2 is 1.75 bits per heavy atom. The van der Waals surface area contributed by atoms with Crippen LogP contribution in [0.3, 0.4) is 0 Å². The van der Waals surface area contributed by atoms with Crippen molar-refractivity contribution >= 4 is 40.5 Å². The SMILES string of the molecule is C[C@@H](/C=C/CC(=O)N1CCC[C@H]1CO)[C@]1(O)C(=O)N(Cc2ccc(N3C(=O)c4ccccc4Oc4ccccc43)cc2)c2ccc([N+](=O)[O-])cc21. The fourth-order valence-electron chi connectivity index (χ4n) is 7.19. The number of aliphatic hydroxyl groups excluding tert-OH is 1. The van der Waals surface area contributed by atoms with Crippen molar-refractivity contribution in [2.75, 3.05) is 23.0 Å². The van der Waals surface area contributed by atoms with Crippen molar-refractivity contribution in [1.82, 2.24) is 4.90 Å². The van der Waals surface area contributed by atoms with Gasteiger partial charge in [0.2, 0.25) is 5.91 Å². The first-order valence-electron chi connectivity index (χ1n) is 16.8. The Bertz CT molecular complexity index is 2060. The monoisotopic (exact) mass is 688 g/mol. The van der Waals surface area contributed by atoms with E-state index in [1.165, 1.54) is 23.1 Å². The Hall–Kier alpha value is -5.85. The molecule has 0 spiro atoms. The predicted molar refractivity (Wildman–Crippen MR) is 189 cm³/mol. The number of nitro groups is 1. The molecule has 12 nitrogen and oxygen atoms in total. The van der Waals surface area contributed by atoms with Crippen molar-refractivity contribution in [2.45, 2.75) is 44.4 Å². The van der Waals surface area contributed by atoms with Crippen molar-refractivity contribution < 1.29 is 34.3 Å². The number of non-ortho nitro benzene ring substituents is 1. The van der Waals surface area contributed by atoms with Crippen LogP contribution in [0, 0.1) is 16.0 Å². The lowest BCUT2D eigenvalue weighted by molar-refractivity contribution is -0.385. The predicted octanol–water partition coefficient (Wildman–Crippen LogP) is 5.98. The second kappa shape index (κ2) is 13.5. The minimum atomic E-state index is -2.14. The lowest BCUT2D eigenvalue weighted by atomic mass is 9.82. The minimum absolute atomic E-state index is 0.0185. The first-order chi connectivity index (χ1) is 24.6. The van der Waals surface area contributed by atoms with Gasteiger partial charge in [0, 0.05) is 42.3 Å². The zero-order chi connectivity index (χ0) is 35.9. The van der Waals surface area contributed by atoms with Gasteiger partial charge >= 0.3 is 0 Å². The Labute approximate surface area is 293 Å². The number of hydrogen-bond acceptors (Lipinski definition) is 8. The highest BCUT2D eigenvalue weighted by Crippen LogP contribution is 2.47. The zero-order valence-electron chi connectivity index (χ0n) is 27.8. The molecule has 2 N–H and O–H groups in total. The lowest BCUT2D eigenvalue weighted by Crippen LogP contribution is -2.44. The summed E-state index contributed by atoms with van der Waals surface area (Å²) < 4.78 is 6.11. The standard InChI is InChI=1S/C39H36N4O8/c1-25(8-6-14-36(45)40-21-7-9-29(40)24-44)39(48)31-22-28(43(49)50)19-20-32(31)41(38(39)47)23-26-15-17-27(18-16-26)42-33-11-3-5-13-35(33)51-34-12-4-2-10-30(34)37(42)46/h2-6,8,10-13,15-20,22,25,29,44,48H,7,9,14,21,23-24H2,1H3/b8-6+/t25-,29-,39+/m0/s1. The summed E-state index contributed by atoms with van der Waals surface area (Å²) in [6.07, 6.45) is 4.74. The second-order valence-corrected chi connectivity index (χ2v) is 13.0. The van der Waals surface area contributed by atoms with Crippen LogP contribution in [0.5, 0.6) is 11.5 Å². The van der Waals surface area contributed by atoms with Gasteiger partial charge in [-0.2, -0.15) is 0 Å². The highest BCUT2D eigenvalue weighted by molar-refractivity contribution is 6.14. The molecule has 0 radical (unpaired) electrons. The van der Waals surface area contributed by atoms with E-state index in [9.17, 15) is 34.7 Å². The Morgan fingerprint density at radius 1 is 1.02 bits per heavy atom. The molecule has 12 heteroatoms. The average molecular weight is 689 g/mol. The first kappa shape index (κ1) is 33.6. The van der Waals surface area contributed by atoms with Crippen molar-refractivity contribution in [2.24, 2.45) is 5.92 Å². The number of carbonyl (C=O) groups is 3. The molecule has 51 heavy (non-hydrogen) atoms. The number of fused-ring (bicyclic) bond motifs is 3. The lowest BCUT2D eigenvalue weighted by Gasteiger charge is -2.28. The van der Waals surface area contributed by atoms with Crippen LogP contribution in [-0.4, -0.2) is 57.0 Å². The maximum atomic E-state index is 14.2. The summed E-state index contributed by atoms with van der Waals surface area (Å²) in [5.74, 6) is -0.969. The number of nitro benzene ring substituents is 1. The van der Waals surface area contributed by atoms with E-state index in [1.54, 1.807) is 89.5 Å². The van der Waals surface area contributed by atoms with Gasteiger partial charge in [0.15, 0.2) is 11.4 Å². The molecule has 4 aromatic carbocycles. The summed E-state index contributed by atoms with van der Waals surface area (Å²) in [6.45, 7) is 2.12. The van der Waals surface area contributed by atoms with Crippen LogP contribution >= 0.6 is 0 Å². The van der Waals surface area contributed by atoms with Crippen LogP contribution < -0.4 is 14.5 Å². The fraction of sp³-hybridized carbons (Fsp3) is 0.256. The molecule has 3 aliphatic rings. The molecule has 3 amide bonds. The molecule has 0 aromatic heterocycles. The molecule has 7 rings (SSSR count). The number of amides is 3. The Balaban J connectivity index is 1.16. The molecule has 0 saturated carbocycles. The number of hydrogen-bond donors (Lipinski definition) is 2. The van der Waals surface area contributed by atoms with Crippen LogP contribution in [0.4, 0.5) is 22.7 Å². The number of para-hydroxylation sites is 3. The number of anilines is 3. The van der Waals surface area contributed by atoms with Crippen LogP contribution in [0.25, 0.3) is 0 Å². The molecule has 3 heterocycles. The van der Waals surface area contributed by atoms with E-state index in [0.717, 1.165) is 12.8 Å². The number of rotatable bonds is 9. The first-order valence-corrected chi connectivity index (χ1v) is 16.8.